The lowest BCUT2D eigenvalue weighted by Gasteiger charge is -2.22. The molecule has 0 aliphatic carbocycles. The van der Waals surface area contributed by atoms with E-state index in [0.717, 1.165) is 24.4 Å². The molecule has 1 saturated heterocycles. The number of carbonyl (C=O) groups is 1. The molecule has 1 atom stereocenters. The Morgan fingerprint density at radius 3 is 3.14 bits per heavy atom. The van der Waals surface area contributed by atoms with Gasteiger partial charge in [0.1, 0.15) is 6.26 Å². The van der Waals surface area contributed by atoms with Gasteiger partial charge in [0, 0.05) is 13.1 Å². The predicted octanol–water partition coefficient (Wildman–Crippen LogP) is 2.14. The molecule has 1 fully saturated rings. The molecule has 0 saturated carbocycles. The molecule has 0 radical (unpaired) electrons. The van der Waals surface area contributed by atoms with E-state index in [1.807, 2.05) is 22.4 Å². The van der Waals surface area contributed by atoms with Gasteiger partial charge in [0.15, 0.2) is 0 Å². The number of carbonyl (C=O) groups excluding carboxylic acids is 1. The molecule has 1 aliphatic rings. The first-order valence-corrected chi connectivity index (χ1v) is 7.94. The number of oxazole rings is 1. The van der Waals surface area contributed by atoms with E-state index in [2.05, 4.69) is 11.9 Å². The number of nitrogens with zero attached hydrogens (tertiary/aromatic N) is 2. The van der Waals surface area contributed by atoms with Crippen molar-refractivity contribution in [2.75, 3.05) is 19.6 Å². The van der Waals surface area contributed by atoms with Crippen molar-refractivity contribution in [3.05, 3.63) is 29.5 Å². The zero-order chi connectivity index (χ0) is 14.9. The minimum absolute atomic E-state index is 0.0572. The lowest BCUT2D eigenvalue weighted by Crippen LogP contribution is -2.35. The molecule has 0 spiro atoms. The van der Waals surface area contributed by atoms with Gasteiger partial charge in [0.2, 0.25) is 11.8 Å². The van der Waals surface area contributed by atoms with Crippen molar-refractivity contribution in [2.45, 2.75) is 19.8 Å². The van der Waals surface area contributed by atoms with Crippen molar-refractivity contribution in [1.29, 1.82) is 0 Å². The van der Waals surface area contributed by atoms with Gasteiger partial charge in [0.25, 0.3) is 0 Å². The van der Waals surface area contributed by atoms with E-state index in [9.17, 15) is 4.79 Å². The second-order valence-corrected chi connectivity index (χ2v) is 6.83. The number of likely N-dealkylation sites (tertiary alicyclic amines) is 1. The SMILES string of the molecule is CC1(CN)CCN(C(=O)Cc2coc(-c3cccs3)n2)C1. The van der Waals surface area contributed by atoms with Crippen LogP contribution >= 0.6 is 11.3 Å². The van der Waals surface area contributed by atoms with Crippen LogP contribution in [0.1, 0.15) is 19.0 Å². The van der Waals surface area contributed by atoms with Gasteiger partial charge in [-0.15, -0.1) is 11.3 Å². The number of hydrogen-bond donors (Lipinski definition) is 1. The fourth-order valence-corrected chi connectivity index (χ4v) is 3.23. The van der Waals surface area contributed by atoms with E-state index in [1.54, 1.807) is 17.6 Å². The van der Waals surface area contributed by atoms with Gasteiger partial charge in [-0.3, -0.25) is 4.79 Å². The van der Waals surface area contributed by atoms with Crippen molar-refractivity contribution >= 4 is 17.2 Å². The second-order valence-electron chi connectivity index (χ2n) is 5.88. The maximum atomic E-state index is 12.3. The van der Waals surface area contributed by atoms with Gasteiger partial charge < -0.3 is 15.1 Å². The summed E-state index contributed by atoms with van der Waals surface area (Å²) in [5, 5.41) is 1.97. The average molecular weight is 305 g/mol. The molecular weight excluding hydrogens is 286 g/mol. The number of amides is 1. The summed E-state index contributed by atoms with van der Waals surface area (Å²) in [6, 6.07) is 3.90. The first-order valence-electron chi connectivity index (χ1n) is 7.06. The highest BCUT2D eigenvalue weighted by Crippen LogP contribution is 2.29. The third kappa shape index (κ3) is 3.01. The zero-order valence-corrected chi connectivity index (χ0v) is 12.9. The van der Waals surface area contributed by atoms with Crippen LogP contribution in [0.2, 0.25) is 0 Å². The van der Waals surface area contributed by atoms with Gasteiger partial charge in [-0.1, -0.05) is 13.0 Å². The Labute approximate surface area is 127 Å². The zero-order valence-electron chi connectivity index (χ0n) is 12.0. The molecular formula is C15H19N3O2S. The van der Waals surface area contributed by atoms with Crippen molar-refractivity contribution in [3.8, 4) is 10.8 Å². The van der Waals surface area contributed by atoms with Crippen LogP contribution in [0.25, 0.3) is 10.8 Å². The summed E-state index contributed by atoms with van der Waals surface area (Å²) in [4.78, 5) is 19.6. The molecule has 2 aromatic heterocycles. The molecule has 1 aliphatic heterocycles. The lowest BCUT2D eigenvalue weighted by atomic mass is 9.90. The molecule has 5 nitrogen and oxygen atoms in total. The van der Waals surface area contributed by atoms with Gasteiger partial charge in [0.05, 0.1) is 17.0 Å². The summed E-state index contributed by atoms with van der Waals surface area (Å²) in [6.07, 6.45) is 2.83. The standard InChI is InChI=1S/C15H19N3O2S/c1-15(9-16)4-5-18(10-15)13(19)7-11-8-20-14(17-11)12-3-2-6-21-12/h2-3,6,8H,4-5,7,9-10,16H2,1H3. The van der Waals surface area contributed by atoms with Gasteiger partial charge >= 0.3 is 0 Å². The maximum Gasteiger partial charge on any atom is 0.236 e. The Balaban J connectivity index is 1.63. The monoisotopic (exact) mass is 305 g/mol. The van der Waals surface area contributed by atoms with E-state index in [1.165, 1.54) is 0 Å². The number of rotatable bonds is 4. The van der Waals surface area contributed by atoms with E-state index in [4.69, 9.17) is 10.2 Å². The molecule has 3 heterocycles. The Bertz CT molecular complexity index is 623. The largest absolute Gasteiger partial charge is 0.444 e. The third-order valence-electron chi connectivity index (χ3n) is 4.02. The van der Waals surface area contributed by atoms with Crippen molar-refractivity contribution < 1.29 is 9.21 Å². The van der Waals surface area contributed by atoms with Gasteiger partial charge in [-0.25, -0.2) is 4.98 Å². The molecule has 0 aromatic carbocycles. The van der Waals surface area contributed by atoms with Crippen LogP contribution < -0.4 is 5.73 Å². The van der Waals surface area contributed by atoms with Gasteiger partial charge in [-0.2, -0.15) is 0 Å². The molecule has 1 unspecified atom stereocenters. The molecule has 6 heteroatoms. The molecule has 21 heavy (non-hydrogen) atoms. The van der Waals surface area contributed by atoms with E-state index in [0.29, 0.717) is 18.1 Å². The highest BCUT2D eigenvalue weighted by Gasteiger charge is 2.34. The number of hydrogen-bond acceptors (Lipinski definition) is 5. The summed E-state index contributed by atoms with van der Waals surface area (Å²) >= 11 is 1.57. The van der Waals surface area contributed by atoms with Crippen LogP contribution in [0.15, 0.2) is 28.2 Å². The first kappa shape index (κ1) is 14.3. The minimum Gasteiger partial charge on any atom is -0.444 e. The molecule has 2 aromatic rings. The van der Waals surface area contributed by atoms with Crippen LogP contribution in [0.5, 0.6) is 0 Å². The minimum atomic E-state index is 0.0572. The molecule has 3 rings (SSSR count). The lowest BCUT2D eigenvalue weighted by molar-refractivity contribution is -0.129. The van der Waals surface area contributed by atoms with Crippen molar-refractivity contribution in [2.24, 2.45) is 11.1 Å². The summed E-state index contributed by atoms with van der Waals surface area (Å²) in [5.41, 5.74) is 6.52. The molecule has 0 bridgehead atoms. The van der Waals surface area contributed by atoms with Crippen LogP contribution in [0, 0.1) is 5.41 Å². The Hall–Kier alpha value is -1.66. The summed E-state index contributed by atoms with van der Waals surface area (Å²) in [6.45, 7) is 4.26. The second kappa shape index (κ2) is 5.61. The normalized spacial score (nSPS) is 21.9. The Kier molecular flexibility index (Phi) is 3.82. The summed E-state index contributed by atoms with van der Waals surface area (Å²) in [7, 11) is 0. The van der Waals surface area contributed by atoms with Crippen molar-refractivity contribution in [1.82, 2.24) is 9.88 Å². The number of nitrogens with two attached hydrogens (primary N) is 1. The molecule has 1 amide bonds. The van der Waals surface area contributed by atoms with Crippen molar-refractivity contribution in [3.63, 3.8) is 0 Å². The van der Waals surface area contributed by atoms with Crippen LogP contribution in [-0.2, 0) is 11.2 Å². The number of thiophene rings is 1. The Morgan fingerprint density at radius 2 is 2.48 bits per heavy atom. The van der Waals surface area contributed by atoms with E-state index >= 15 is 0 Å². The highest BCUT2D eigenvalue weighted by atomic mass is 32.1. The van der Waals surface area contributed by atoms with E-state index < -0.39 is 0 Å². The fraction of sp³-hybridized carbons (Fsp3) is 0.467. The average Bonchev–Trinajstić information content (AvgIpc) is 3.18. The fourth-order valence-electron chi connectivity index (χ4n) is 2.57. The highest BCUT2D eigenvalue weighted by molar-refractivity contribution is 7.13. The van der Waals surface area contributed by atoms with E-state index in [-0.39, 0.29) is 17.7 Å². The predicted molar refractivity (Wildman–Crippen MR) is 81.9 cm³/mol. The quantitative estimate of drug-likeness (QED) is 0.939. The maximum absolute atomic E-state index is 12.3. The molecule has 112 valence electrons. The summed E-state index contributed by atoms with van der Waals surface area (Å²) < 4.78 is 5.44. The molecule has 2 N–H and O–H groups in total. The summed E-state index contributed by atoms with van der Waals surface area (Å²) in [5.74, 6) is 0.680. The number of aromatic nitrogens is 1. The third-order valence-corrected chi connectivity index (χ3v) is 4.88. The topological polar surface area (TPSA) is 72.4 Å². The Morgan fingerprint density at radius 1 is 1.62 bits per heavy atom. The van der Waals surface area contributed by atoms with Gasteiger partial charge in [-0.05, 0) is 29.8 Å². The smallest absolute Gasteiger partial charge is 0.236 e. The van der Waals surface area contributed by atoms with Crippen LogP contribution in [-0.4, -0.2) is 35.4 Å². The van der Waals surface area contributed by atoms with Crippen LogP contribution in [0.3, 0.4) is 0 Å². The van der Waals surface area contributed by atoms with Crippen LogP contribution in [0.4, 0.5) is 0 Å². The first-order chi connectivity index (χ1) is 10.1.